The number of likely N-dealkylation sites (N-methyl/N-ethyl adjacent to an activating group) is 2. The summed E-state index contributed by atoms with van der Waals surface area (Å²) in [7, 11) is 7.77. The van der Waals surface area contributed by atoms with Crippen LogP contribution in [0.3, 0.4) is 0 Å². The molecule has 2 atom stereocenters. The van der Waals surface area contributed by atoms with Crippen molar-refractivity contribution in [3.8, 4) is 5.75 Å². The summed E-state index contributed by atoms with van der Waals surface area (Å²) < 4.78 is 5.14. The lowest BCUT2D eigenvalue weighted by Crippen LogP contribution is -2.51. The summed E-state index contributed by atoms with van der Waals surface area (Å²) in [5.74, 6) is 0.870. The third-order valence-electron chi connectivity index (χ3n) is 4.51. The lowest BCUT2D eigenvalue weighted by Gasteiger charge is -2.41. The molecule has 124 valence electrons. The van der Waals surface area contributed by atoms with Crippen LogP contribution in [0.5, 0.6) is 5.75 Å². The van der Waals surface area contributed by atoms with Crippen LogP contribution < -0.4 is 4.74 Å². The number of methoxy groups -OCH3 is 1. The summed E-state index contributed by atoms with van der Waals surface area (Å²) in [6, 6.07) is 8.10. The van der Waals surface area contributed by atoms with E-state index in [1.807, 2.05) is 36.2 Å². The number of ether oxygens (including phenoxy) is 1. The zero-order chi connectivity index (χ0) is 15.4. The molecule has 4 nitrogen and oxygen atoms in total. The second kappa shape index (κ2) is 8.39. The molecule has 1 saturated carbocycles. The molecule has 5 heteroatoms. The lowest BCUT2D eigenvalue weighted by atomic mass is 9.88. The van der Waals surface area contributed by atoms with Crippen LogP contribution in [-0.4, -0.2) is 56.0 Å². The largest absolute Gasteiger partial charge is 0.497 e. The fourth-order valence-electron chi connectivity index (χ4n) is 3.23. The standard InChI is InChI=1S/C17H26N2O2.ClH/c1-18(2)15-7-5-6-8-16(15)19(3)17(20)13-9-11-14(21-4)12-10-13;/h9-12,15-16H,5-8H2,1-4H3;1H/t15-,16-;/m0./s1. The van der Waals surface area contributed by atoms with Gasteiger partial charge in [-0.1, -0.05) is 12.8 Å². The van der Waals surface area contributed by atoms with Crippen molar-refractivity contribution in [2.24, 2.45) is 0 Å². The molecule has 2 rings (SSSR count). The van der Waals surface area contributed by atoms with Crippen molar-refractivity contribution in [1.82, 2.24) is 9.80 Å². The predicted octanol–water partition coefficient (Wildman–Crippen LogP) is 3.06. The normalized spacial score (nSPS) is 21.1. The van der Waals surface area contributed by atoms with E-state index in [0.717, 1.165) is 24.2 Å². The molecule has 0 bridgehead atoms. The van der Waals surface area contributed by atoms with Gasteiger partial charge in [0, 0.05) is 24.7 Å². The van der Waals surface area contributed by atoms with Crippen LogP contribution in [0.2, 0.25) is 0 Å². The molecule has 22 heavy (non-hydrogen) atoms. The van der Waals surface area contributed by atoms with Gasteiger partial charge in [-0.3, -0.25) is 4.79 Å². The van der Waals surface area contributed by atoms with E-state index in [-0.39, 0.29) is 18.3 Å². The smallest absolute Gasteiger partial charge is 0.253 e. The van der Waals surface area contributed by atoms with E-state index in [9.17, 15) is 4.79 Å². The number of hydrogen-bond acceptors (Lipinski definition) is 3. The first-order valence-electron chi connectivity index (χ1n) is 7.62. The molecule has 1 aromatic rings. The fraction of sp³-hybridized carbons (Fsp3) is 0.588. The van der Waals surface area contributed by atoms with Crippen LogP contribution in [-0.2, 0) is 0 Å². The number of rotatable bonds is 4. The Hall–Kier alpha value is -1.26. The molecule has 0 spiro atoms. The van der Waals surface area contributed by atoms with E-state index in [1.165, 1.54) is 12.8 Å². The third-order valence-corrected chi connectivity index (χ3v) is 4.51. The molecule has 0 radical (unpaired) electrons. The first-order chi connectivity index (χ1) is 10.0. The van der Waals surface area contributed by atoms with E-state index >= 15 is 0 Å². The topological polar surface area (TPSA) is 32.8 Å². The maximum absolute atomic E-state index is 12.7. The number of benzene rings is 1. The number of amides is 1. The summed E-state index contributed by atoms with van der Waals surface area (Å²) in [6.07, 6.45) is 4.71. The molecule has 1 aliphatic rings. The molecule has 0 N–H and O–H groups in total. The van der Waals surface area contributed by atoms with Crippen LogP contribution in [0.25, 0.3) is 0 Å². The van der Waals surface area contributed by atoms with Gasteiger partial charge in [-0.05, 0) is 51.2 Å². The number of carbonyl (C=O) groups excluding carboxylic acids is 1. The van der Waals surface area contributed by atoms with E-state index < -0.39 is 0 Å². The second-order valence-corrected chi connectivity index (χ2v) is 6.03. The van der Waals surface area contributed by atoms with Crippen LogP contribution in [0.4, 0.5) is 0 Å². The van der Waals surface area contributed by atoms with Gasteiger partial charge in [0.15, 0.2) is 0 Å². The van der Waals surface area contributed by atoms with E-state index in [2.05, 4.69) is 19.0 Å². The molecule has 1 aromatic carbocycles. The van der Waals surface area contributed by atoms with Gasteiger partial charge in [0.25, 0.3) is 5.91 Å². The highest BCUT2D eigenvalue weighted by Crippen LogP contribution is 2.26. The maximum Gasteiger partial charge on any atom is 0.253 e. The molecular formula is C17H27ClN2O2. The Morgan fingerprint density at radius 2 is 1.59 bits per heavy atom. The van der Waals surface area contributed by atoms with Gasteiger partial charge in [0.05, 0.1) is 7.11 Å². The maximum atomic E-state index is 12.7. The highest BCUT2D eigenvalue weighted by atomic mass is 35.5. The van der Waals surface area contributed by atoms with Crippen molar-refractivity contribution in [3.05, 3.63) is 29.8 Å². The molecule has 0 saturated heterocycles. The van der Waals surface area contributed by atoms with Crippen LogP contribution >= 0.6 is 12.4 Å². The Morgan fingerprint density at radius 3 is 2.09 bits per heavy atom. The Morgan fingerprint density at radius 1 is 1.05 bits per heavy atom. The zero-order valence-corrected chi connectivity index (χ0v) is 14.7. The fourth-order valence-corrected chi connectivity index (χ4v) is 3.23. The molecule has 0 unspecified atom stereocenters. The Labute approximate surface area is 139 Å². The summed E-state index contributed by atoms with van der Waals surface area (Å²) in [5.41, 5.74) is 0.723. The van der Waals surface area contributed by atoms with Gasteiger partial charge in [-0.25, -0.2) is 0 Å². The van der Waals surface area contributed by atoms with Crippen molar-refractivity contribution in [2.45, 2.75) is 37.8 Å². The summed E-state index contributed by atoms with van der Waals surface area (Å²) >= 11 is 0. The monoisotopic (exact) mass is 326 g/mol. The lowest BCUT2D eigenvalue weighted by molar-refractivity contribution is 0.0544. The van der Waals surface area contributed by atoms with Crippen LogP contribution in [0.1, 0.15) is 36.0 Å². The van der Waals surface area contributed by atoms with E-state index in [4.69, 9.17) is 4.74 Å². The first kappa shape index (κ1) is 18.8. The van der Waals surface area contributed by atoms with E-state index in [1.54, 1.807) is 7.11 Å². The minimum absolute atomic E-state index is 0. The number of carbonyl (C=O) groups is 1. The number of nitrogens with zero attached hydrogens (tertiary/aromatic N) is 2. The molecule has 1 aliphatic carbocycles. The average Bonchev–Trinajstić information content (AvgIpc) is 2.53. The average molecular weight is 327 g/mol. The van der Waals surface area contributed by atoms with Gasteiger partial charge >= 0.3 is 0 Å². The van der Waals surface area contributed by atoms with Crippen LogP contribution in [0.15, 0.2) is 24.3 Å². The molecule has 0 heterocycles. The first-order valence-corrected chi connectivity index (χ1v) is 7.62. The van der Waals surface area contributed by atoms with Gasteiger partial charge in [-0.15, -0.1) is 12.4 Å². The third kappa shape index (κ3) is 4.14. The van der Waals surface area contributed by atoms with Gasteiger partial charge in [0.1, 0.15) is 5.75 Å². The molecule has 0 aliphatic heterocycles. The van der Waals surface area contributed by atoms with Crippen molar-refractivity contribution in [2.75, 3.05) is 28.3 Å². The van der Waals surface area contributed by atoms with Crippen molar-refractivity contribution in [3.63, 3.8) is 0 Å². The number of halogens is 1. The zero-order valence-electron chi connectivity index (χ0n) is 13.9. The number of hydrogen-bond donors (Lipinski definition) is 0. The molecular weight excluding hydrogens is 300 g/mol. The molecule has 0 aromatic heterocycles. The molecule has 1 amide bonds. The Kier molecular flexibility index (Phi) is 7.17. The Bertz CT molecular complexity index is 476. The van der Waals surface area contributed by atoms with E-state index in [0.29, 0.717) is 12.1 Å². The van der Waals surface area contributed by atoms with Crippen molar-refractivity contribution < 1.29 is 9.53 Å². The quantitative estimate of drug-likeness (QED) is 0.852. The Balaban J connectivity index is 0.00000242. The van der Waals surface area contributed by atoms with Crippen molar-refractivity contribution in [1.29, 1.82) is 0 Å². The summed E-state index contributed by atoms with van der Waals surface area (Å²) in [5, 5.41) is 0. The SMILES string of the molecule is COc1ccc(C(=O)N(C)[C@H]2CCCC[C@@H]2N(C)C)cc1.Cl. The molecule has 1 fully saturated rings. The van der Waals surface area contributed by atoms with Crippen molar-refractivity contribution >= 4 is 18.3 Å². The minimum Gasteiger partial charge on any atom is -0.497 e. The summed E-state index contributed by atoms with van der Waals surface area (Å²) in [6.45, 7) is 0. The van der Waals surface area contributed by atoms with Crippen LogP contribution in [0, 0.1) is 0 Å². The highest BCUT2D eigenvalue weighted by molar-refractivity contribution is 5.94. The van der Waals surface area contributed by atoms with Gasteiger partial charge in [0.2, 0.25) is 0 Å². The van der Waals surface area contributed by atoms with Gasteiger partial charge in [-0.2, -0.15) is 0 Å². The van der Waals surface area contributed by atoms with Gasteiger partial charge < -0.3 is 14.5 Å². The minimum atomic E-state index is 0. The second-order valence-electron chi connectivity index (χ2n) is 6.03. The predicted molar refractivity (Wildman–Crippen MR) is 92.1 cm³/mol. The summed E-state index contributed by atoms with van der Waals surface area (Å²) in [4.78, 5) is 16.9. The highest BCUT2D eigenvalue weighted by Gasteiger charge is 2.32.